The lowest BCUT2D eigenvalue weighted by Gasteiger charge is -2.10. The minimum atomic E-state index is -3.74. The van der Waals surface area contributed by atoms with Crippen LogP contribution in [0.2, 0.25) is 5.02 Å². The van der Waals surface area contributed by atoms with E-state index in [1.165, 1.54) is 6.20 Å². The predicted molar refractivity (Wildman–Crippen MR) is 81.3 cm³/mol. The van der Waals surface area contributed by atoms with Crippen LogP contribution in [0.5, 0.6) is 0 Å². The molecule has 1 aromatic carbocycles. The van der Waals surface area contributed by atoms with Gasteiger partial charge in [0, 0.05) is 21.6 Å². The minimum Gasteiger partial charge on any atom is -0.316 e. The first-order chi connectivity index (χ1) is 9.44. The van der Waals surface area contributed by atoms with E-state index in [4.69, 9.17) is 11.6 Å². The van der Waals surface area contributed by atoms with Gasteiger partial charge in [-0.05, 0) is 41.2 Å². The summed E-state index contributed by atoms with van der Waals surface area (Å²) in [5, 5.41) is 9.70. The van der Waals surface area contributed by atoms with Crippen LogP contribution in [-0.2, 0) is 16.6 Å². The fraction of sp³-hybridized carbons (Fsp3) is 0.182. The van der Waals surface area contributed by atoms with Gasteiger partial charge in [0.05, 0.1) is 11.9 Å². The van der Waals surface area contributed by atoms with E-state index in [1.807, 2.05) is 0 Å². The Bertz CT molecular complexity index is 717. The van der Waals surface area contributed by atoms with E-state index in [1.54, 1.807) is 25.2 Å². The molecule has 0 aliphatic heterocycles. The molecule has 0 radical (unpaired) electrons. The first-order valence-corrected chi connectivity index (χ1v) is 8.24. The molecule has 6 nitrogen and oxygen atoms in total. The van der Waals surface area contributed by atoms with Crippen molar-refractivity contribution in [2.45, 2.75) is 11.6 Å². The number of nitrogens with zero attached hydrogens (tertiary/aromatic N) is 1. The molecule has 20 heavy (non-hydrogen) atoms. The molecule has 0 amide bonds. The molecule has 1 heterocycles. The van der Waals surface area contributed by atoms with Crippen LogP contribution in [-0.4, -0.2) is 25.7 Å². The molecular formula is C11H12BrClN4O2S. The molecule has 108 valence electrons. The van der Waals surface area contributed by atoms with Crippen molar-refractivity contribution in [2.24, 2.45) is 0 Å². The molecule has 0 spiro atoms. The standard InChI is InChI=1S/C11H12BrClN4O2S/c1-14-5-7-6-15-16-11(7)20(18,19)17-10-3-2-8(13)4-9(10)12/h2-4,6,14,17H,5H2,1H3,(H,15,16). The average molecular weight is 380 g/mol. The van der Waals surface area contributed by atoms with Crippen molar-refractivity contribution >= 4 is 43.2 Å². The van der Waals surface area contributed by atoms with Crippen LogP contribution in [0.25, 0.3) is 0 Å². The SMILES string of the molecule is CNCc1cn[nH]c1S(=O)(=O)Nc1ccc(Cl)cc1Br. The average Bonchev–Trinajstić information content (AvgIpc) is 2.82. The van der Waals surface area contributed by atoms with Gasteiger partial charge in [0.2, 0.25) is 0 Å². The van der Waals surface area contributed by atoms with Crippen LogP contribution in [0.3, 0.4) is 0 Å². The van der Waals surface area contributed by atoms with Gasteiger partial charge in [-0.2, -0.15) is 13.5 Å². The summed E-state index contributed by atoms with van der Waals surface area (Å²) in [7, 11) is -2.01. The van der Waals surface area contributed by atoms with E-state index in [2.05, 4.69) is 36.2 Å². The van der Waals surface area contributed by atoms with Gasteiger partial charge in [-0.25, -0.2) is 0 Å². The van der Waals surface area contributed by atoms with E-state index in [9.17, 15) is 8.42 Å². The maximum Gasteiger partial charge on any atom is 0.279 e. The number of anilines is 1. The molecule has 0 bridgehead atoms. The molecule has 1 aromatic heterocycles. The summed E-state index contributed by atoms with van der Waals surface area (Å²) in [6.45, 7) is 0.397. The third-order valence-corrected chi connectivity index (χ3v) is 4.76. The van der Waals surface area contributed by atoms with Crippen molar-refractivity contribution < 1.29 is 8.42 Å². The Kier molecular flexibility index (Phi) is 4.69. The van der Waals surface area contributed by atoms with Crippen molar-refractivity contribution in [3.05, 3.63) is 39.5 Å². The van der Waals surface area contributed by atoms with Crippen LogP contribution >= 0.6 is 27.5 Å². The third-order valence-electron chi connectivity index (χ3n) is 2.49. The highest BCUT2D eigenvalue weighted by Gasteiger charge is 2.21. The summed E-state index contributed by atoms with van der Waals surface area (Å²) in [6.07, 6.45) is 1.47. The molecule has 0 atom stereocenters. The normalized spacial score (nSPS) is 11.6. The second-order valence-electron chi connectivity index (χ2n) is 3.98. The van der Waals surface area contributed by atoms with Crippen LogP contribution in [0.15, 0.2) is 33.9 Å². The van der Waals surface area contributed by atoms with Crippen LogP contribution in [0.4, 0.5) is 5.69 Å². The number of benzene rings is 1. The fourth-order valence-corrected chi connectivity index (χ4v) is 3.74. The number of H-pyrrole nitrogens is 1. The maximum absolute atomic E-state index is 12.3. The predicted octanol–water partition coefficient (Wildman–Crippen LogP) is 2.35. The van der Waals surface area contributed by atoms with Gasteiger partial charge in [-0.3, -0.25) is 9.82 Å². The molecule has 0 fully saturated rings. The minimum absolute atomic E-state index is 0.0358. The summed E-state index contributed by atoms with van der Waals surface area (Å²) < 4.78 is 27.7. The van der Waals surface area contributed by atoms with E-state index in [0.717, 1.165) is 0 Å². The zero-order chi connectivity index (χ0) is 14.8. The number of hydrogen-bond acceptors (Lipinski definition) is 4. The van der Waals surface area contributed by atoms with Crippen molar-refractivity contribution in [1.29, 1.82) is 0 Å². The molecule has 0 saturated carbocycles. The lowest BCUT2D eigenvalue weighted by atomic mass is 10.3. The lowest BCUT2D eigenvalue weighted by Crippen LogP contribution is -2.17. The molecule has 0 unspecified atom stereocenters. The van der Waals surface area contributed by atoms with Crippen molar-refractivity contribution in [1.82, 2.24) is 15.5 Å². The summed E-state index contributed by atoms with van der Waals surface area (Å²) in [5.74, 6) is 0. The van der Waals surface area contributed by atoms with Crippen LogP contribution in [0, 0.1) is 0 Å². The zero-order valence-corrected chi connectivity index (χ0v) is 13.6. The Balaban J connectivity index is 2.33. The van der Waals surface area contributed by atoms with Crippen molar-refractivity contribution in [3.63, 3.8) is 0 Å². The van der Waals surface area contributed by atoms with Crippen molar-refractivity contribution in [3.8, 4) is 0 Å². The summed E-state index contributed by atoms with van der Waals surface area (Å²) in [6, 6.07) is 4.80. The molecule has 2 rings (SSSR count). The lowest BCUT2D eigenvalue weighted by molar-refractivity contribution is 0.595. The molecule has 0 saturated heterocycles. The molecule has 0 aliphatic rings. The first kappa shape index (κ1) is 15.3. The molecule has 0 aliphatic carbocycles. The molecule has 2 aromatic rings. The van der Waals surface area contributed by atoms with Gasteiger partial charge in [0.15, 0.2) is 5.03 Å². The van der Waals surface area contributed by atoms with Gasteiger partial charge in [-0.1, -0.05) is 11.6 Å². The number of rotatable bonds is 5. The second kappa shape index (κ2) is 6.13. The number of halogens is 2. The van der Waals surface area contributed by atoms with Crippen molar-refractivity contribution in [2.75, 3.05) is 11.8 Å². The Hall–Kier alpha value is -1.09. The Morgan fingerprint density at radius 3 is 2.85 bits per heavy atom. The Labute approximate surface area is 130 Å². The van der Waals surface area contributed by atoms with Gasteiger partial charge >= 0.3 is 0 Å². The van der Waals surface area contributed by atoms with Crippen LogP contribution < -0.4 is 10.0 Å². The van der Waals surface area contributed by atoms with E-state index in [0.29, 0.717) is 27.3 Å². The topological polar surface area (TPSA) is 86.9 Å². The Morgan fingerprint density at radius 1 is 1.45 bits per heavy atom. The highest BCUT2D eigenvalue weighted by Crippen LogP contribution is 2.28. The number of sulfonamides is 1. The Morgan fingerprint density at radius 2 is 2.20 bits per heavy atom. The summed E-state index contributed by atoms with van der Waals surface area (Å²) in [4.78, 5) is 0. The number of hydrogen-bond donors (Lipinski definition) is 3. The summed E-state index contributed by atoms with van der Waals surface area (Å²) >= 11 is 9.09. The maximum atomic E-state index is 12.3. The quantitative estimate of drug-likeness (QED) is 0.744. The van der Waals surface area contributed by atoms with Gasteiger partial charge < -0.3 is 5.32 Å². The number of nitrogens with one attached hydrogen (secondary N) is 3. The molecule has 9 heteroatoms. The van der Waals surface area contributed by atoms with Crippen LogP contribution in [0.1, 0.15) is 5.56 Å². The largest absolute Gasteiger partial charge is 0.316 e. The molecular weight excluding hydrogens is 368 g/mol. The summed E-state index contributed by atoms with van der Waals surface area (Å²) in [5.41, 5.74) is 0.962. The van der Waals surface area contributed by atoms with Gasteiger partial charge in [0.1, 0.15) is 0 Å². The fourth-order valence-electron chi connectivity index (χ4n) is 1.62. The second-order valence-corrected chi connectivity index (χ2v) is 6.89. The van der Waals surface area contributed by atoms with Gasteiger partial charge in [0.25, 0.3) is 10.0 Å². The molecule has 3 N–H and O–H groups in total. The van der Waals surface area contributed by atoms with Gasteiger partial charge in [-0.15, -0.1) is 0 Å². The highest BCUT2D eigenvalue weighted by atomic mass is 79.9. The smallest absolute Gasteiger partial charge is 0.279 e. The highest BCUT2D eigenvalue weighted by molar-refractivity contribution is 9.10. The zero-order valence-electron chi connectivity index (χ0n) is 10.4. The van der Waals surface area contributed by atoms with E-state index >= 15 is 0 Å². The van der Waals surface area contributed by atoms with E-state index < -0.39 is 10.0 Å². The third kappa shape index (κ3) is 3.32. The number of aromatic amines is 1. The first-order valence-electron chi connectivity index (χ1n) is 5.59. The number of aromatic nitrogens is 2. The monoisotopic (exact) mass is 378 g/mol. The van der Waals surface area contributed by atoms with E-state index in [-0.39, 0.29) is 5.03 Å².